The molecular weight excluding hydrogens is 296 g/mol. The summed E-state index contributed by atoms with van der Waals surface area (Å²) in [5, 5.41) is 13.7. The summed E-state index contributed by atoms with van der Waals surface area (Å²) in [5.41, 5.74) is 1.81. The van der Waals surface area contributed by atoms with Crippen LogP contribution in [0, 0.1) is 10.1 Å². The molecule has 6 nitrogen and oxygen atoms in total. The first kappa shape index (κ1) is 16.5. The minimum absolute atomic E-state index is 0.121. The van der Waals surface area contributed by atoms with Crippen molar-refractivity contribution < 1.29 is 14.5 Å². The predicted octanol–water partition coefficient (Wildman–Crippen LogP) is 3.81. The zero-order chi connectivity index (χ0) is 16.8. The molecule has 0 unspecified atom stereocenters. The number of carbonyl (C=O) groups is 1. The third kappa shape index (κ3) is 4.06. The molecule has 0 heterocycles. The number of hydrogen-bond acceptors (Lipinski definition) is 4. The van der Waals surface area contributed by atoms with Crippen LogP contribution in [-0.4, -0.2) is 17.9 Å². The lowest BCUT2D eigenvalue weighted by molar-refractivity contribution is -0.385. The summed E-state index contributed by atoms with van der Waals surface area (Å²) in [7, 11) is 1.35. The van der Waals surface area contributed by atoms with Gasteiger partial charge in [-0.1, -0.05) is 25.5 Å². The molecule has 0 bridgehead atoms. The van der Waals surface area contributed by atoms with Crippen LogP contribution in [0.2, 0.25) is 0 Å². The molecule has 1 N–H and O–H groups in total. The number of nitrogens with zero attached hydrogens (tertiary/aromatic N) is 1. The number of rotatable bonds is 6. The van der Waals surface area contributed by atoms with E-state index in [-0.39, 0.29) is 17.0 Å². The second-order valence-electron chi connectivity index (χ2n) is 5.04. The van der Waals surface area contributed by atoms with Gasteiger partial charge in [-0.05, 0) is 36.2 Å². The molecule has 0 aliphatic heterocycles. The van der Waals surface area contributed by atoms with Crippen LogP contribution in [0.3, 0.4) is 0 Å². The van der Waals surface area contributed by atoms with Crippen molar-refractivity contribution in [3.63, 3.8) is 0 Å². The summed E-state index contributed by atoms with van der Waals surface area (Å²) in [6.45, 7) is 2.10. The number of ether oxygens (including phenoxy) is 1. The Morgan fingerprint density at radius 2 is 1.91 bits per heavy atom. The minimum atomic E-state index is -0.574. The minimum Gasteiger partial charge on any atom is -0.490 e. The number of benzene rings is 2. The van der Waals surface area contributed by atoms with E-state index in [0.717, 1.165) is 12.8 Å². The van der Waals surface area contributed by atoms with Crippen molar-refractivity contribution in [2.45, 2.75) is 19.8 Å². The Labute approximate surface area is 134 Å². The van der Waals surface area contributed by atoms with Crippen LogP contribution in [0.15, 0.2) is 42.5 Å². The van der Waals surface area contributed by atoms with Crippen LogP contribution in [-0.2, 0) is 6.42 Å². The maximum Gasteiger partial charge on any atom is 0.311 e. The molecule has 0 fully saturated rings. The highest BCUT2D eigenvalue weighted by Crippen LogP contribution is 2.27. The lowest BCUT2D eigenvalue weighted by atomic mass is 10.1. The Kier molecular flexibility index (Phi) is 5.30. The number of anilines is 1. The van der Waals surface area contributed by atoms with E-state index in [2.05, 4.69) is 12.2 Å². The Morgan fingerprint density at radius 3 is 2.48 bits per heavy atom. The number of amides is 1. The highest BCUT2D eigenvalue weighted by molar-refractivity contribution is 6.04. The molecule has 0 atom stereocenters. The van der Waals surface area contributed by atoms with E-state index >= 15 is 0 Å². The van der Waals surface area contributed by atoms with Crippen molar-refractivity contribution in [1.82, 2.24) is 0 Å². The topological polar surface area (TPSA) is 81.5 Å². The van der Waals surface area contributed by atoms with Crippen molar-refractivity contribution in [2.75, 3.05) is 12.4 Å². The normalized spacial score (nSPS) is 10.2. The fourth-order valence-corrected chi connectivity index (χ4v) is 2.22. The van der Waals surface area contributed by atoms with Crippen molar-refractivity contribution in [3.8, 4) is 5.75 Å². The third-order valence-electron chi connectivity index (χ3n) is 3.39. The molecule has 120 valence electrons. The fraction of sp³-hybridized carbons (Fsp3) is 0.235. The molecule has 23 heavy (non-hydrogen) atoms. The van der Waals surface area contributed by atoms with Crippen molar-refractivity contribution in [3.05, 3.63) is 63.7 Å². The number of nitro benzene ring substituents is 1. The molecule has 6 heteroatoms. The highest BCUT2D eigenvalue weighted by atomic mass is 16.6. The van der Waals surface area contributed by atoms with Gasteiger partial charge in [0.25, 0.3) is 5.91 Å². The Bertz CT molecular complexity index is 711. The van der Waals surface area contributed by atoms with Gasteiger partial charge in [-0.25, -0.2) is 0 Å². The van der Waals surface area contributed by atoms with E-state index in [4.69, 9.17) is 4.74 Å². The molecule has 2 aromatic rings. The van der Waals surface area contributed by atoms with E-state index < -0.39 is 10.8 Å². The lowest BCUT2D eigenvalue weighted by Gasteiger charge is -2.07. The molecule has 0 saturated heterocycles. The SMILES string of the molecule is CCCc1ccc(NC(=O)c2ccc(OC)c([N+](=O)[O-])c2)cc1. The Hall–Kier alpha value is -2.89. The number of carbonyl (C=O) groups excluding carboxylic acids is 1. The van der Waals surface area contributed by atoms with Crippen LogP contribution in [0.1, 0.15) is 29.3 Å². The Balaban J connectivity index is 2.17. The zero-order valence-corrected chi connectivity index (χ0v) is 13.0. The number of nitrogens with one attached hydrogen (secondary N) is 1. The summed E-state index contributed by atoms with van der Waals surface area (Å²) in [5.74, 6) is -0.283. The van der Waals surface area contributed by atoms with Crippen LogP contribution < -0.4 is 10.1 Å². The van der Waals surface area contributed by atoms with Gasteiger partial charge in [0.15, 0.2) is 5.75 Å². The average molecular weight is 314 g/mol. The van der Waals surface area contributed by atoms with Crippen molar-refractivity contribution in [1.29, 1.82) is 0 Å². The van der Waals surface area contributed by atoms with E-state index in [0.29, 0.717) is 5.69 Å². The molecule has 0 aliphatic rings. The van der Waals surface area contributed by atoms with Gasteiger partial charge in [0, 0.05) is 17.3 Å². The number of nitro groups is 1. The standard InChI is InChI=1S/C17H18N2O4/c1-3-4-12-5-8-14(9-6-12)18-17(20)13-7-10-16(23-2)15(11-13)19(21)22/h5-11H,3-4H2,1-2H3,(H,18,20). The van der Waals surface area contributed by atoms with Gasteiger partial charge in [0.05, 0.1) is 12.0 Å². The second kappa shape index (κ2) is 7.40. The zero-order valence-electron chi connectivity index (χ0n) is 13.0. The molecule has 0 spiro atoms. The first-order chi connectivity index (χ1) is 11.0. The summed E-state index contributed by atoms with van der Waals surface area (Å²) in [4.78, 5) is 22.7. The molecule has 2 rings (SSSR count). The predicted molar refractivity (Wildman–Crippen MR) is 88.0 cm³/mol. The summed E-state index contributed by atoms with van der Waals surface area (Å²) >= 11 is 0. The van der Waals surface area contributed by atoms with E-state index in [1.54, 1.807) is 0 Å². The molecular formula is C17H18N2O4. The summed E-state index contributed by atoms with van der Waals surface area (Å²) < 4.78 is 4.92. The van der Waals surface area contributed by atoms with Crippen LogP contribution in [0.25, 0.3) is 0 Å². The van der Waals surface area contributed by atoms with E-state index in [1.807, 2.05) is 24.3 Å². The van der Waals surface area contributed by atoms with Gasteiger partial charge >= 0.3 is 5.69 Å². The van der Waals surface area contributed by atoms with Gasteiger partial charge < -0.3 is 10.1 Å². The summed E-state index contributed by atoms with van der Waals surface area (Å²) in [6.07, 6.45) is 2.04. The average Bonchev–Trinajstić information content (AvgIpc) is 2.56. The lowest BCUT2D eigenvalue weighted by Crippen LogP contribution is -2.12. The first-order valence-corrected chi connectivity index (χ1v) is 7.28. The Morgan fingerprint density at radius 1 is 1.22 bits per heavy atom. The monoisotopic (exact) mass is 314 g/mol. The van der Waals surface area contributed by atoms with Crippen LogP contribution in [0.4, 0.5) is 11.4 Å². The maximum atomic E-state index is 12.2. The largest absolute Gasteiger partial charge is 0.490 e. The van der Waals surface area contributed by atoms with Crippen molar-refractivity contribution in [2.24, 2.45) is 0 Å². The molecule has 0 radical (unpaired) electrons. The molecule has 0 aliphatic carbocycles. The fourth-order valence-electron chi connectivity index (χ4n) is 2.22. The van der Waals surface area contributed by atoms with Gasteiger partial charge in [-0.15, -0.1) is 0 Å². The maximum absolute atomic E-state index is 12.2. The summed E-state index contributed by atoms with van der Waals surface area (Å²) in [6, 6.07) is 11.7. The molecule has 2 aromatic carbocycles. The van der Waals surface area contributed by atoms with Crippen LogP contribution >= 0.6 is 0 Å². The van der Waals surface area contributed by atoms with Crippen LogP contribution in [0.5, 0.6) is 5.75 Å². The first-order valence-electron chi connectivity index (χ1n) is 7.28. The molecule has 0 aromatic heterocycles. The highest BCUT2D eigenvalue weighted by Gasteiger charge is 2.18. The van der Waals surface area contributed by atoms with E-state index in [1.165, 1.54) is 30.9 Å². The van der Waals surface area contributed by atoms with Gasteiger partial charge in [0.1, 0.15) is 0 Å². The molecule has 0 saturated carbocycles. The van der Waals surface area contributed by atoms with Gasteiger partial charge in [0.2, 0.25) is 0 Å². The number of methoxy groups -OCH3 is 1. The molecule has 1 amide bonds. The third-order valence-corrected chi connectivity index (χ3v) is 3.39. The number of hydrogen-bond donors (Lipinski definition) is 1. The van der Waals surface area contributed by atoms with E-state index in [9.17, 15) is 14.9 Å². The second-order valence-corrected chi connectivity index (χ2v) is 5.04. The number of aryl methyl sites for hydroxylation is 1. The quantitative estimate of drug-likeness (QED) is 0.649. The smallest absolute Gasteiger partial charge is 0.311 e. The van der Waals surface area contributed by atoms with Gasteiger partial charge in [-0.3, -0.25) is 14.9 Å². The van der Waals surface area contributed by atoms with Crippen molar-refractivity contribution >= 4 is 17.3 Å². The van der Waals surface area contributed by atoms with Gasteiger partial charge in [-0.2, -0.15) is 0 Å².